The number of nitrogens with one attached hydrogen (secondary N) is 1. The Morgan fingerprint density at radius 3 is 2.66 bits per heavy atom. The molecular formula is C19H19F3N4O2S. The number of alkyl halides is 3. The van der Waals surface area contributed by atoms with Gasteiger partial charge in [0, 0.05) is 0 Å². The molecule has 0 radical (unpaired) electrons. The van der Waals surface area contributed by atoms with Crippen LogP contribution in [0.25, 0.3) is 0 Å². The fraction of sp³-hybridized carbons (Fsp3) is 0.316. The molecule has 2 heterocycles. The van der Waals surface area contributed by atoms with Gasteiger partial charge in [0.25, 0.3) is 0 Å². The van der Waals surface area contributed by atoms with Crippen molar-refractivity contribution in [3.05, 3.63) is 60.3 Å². The number of carbonyl (C=O) groups is 1. The molecular weight excluding hydrogens is 405 g/mol. The number of amides is 1. The molecule has 1 unspecified atom stereocenters. The number of aromatic nitrogens is 3. The number of anilines is 1. The van der Waals surface area contributed by atoms with Gasteiger partial charge in [0.05, 0.1) is 29.3 Å². The summed E-state index contributed by atoms with van der Waals surface area (Å²) in [5, 5.41) is 10.1. The molecule has 0 fully saturated rings. The van der Waals surface area contributed by atoms with Crippen molar-refractivity contribution < 1.29 is 22.4 Å². The predicted molar refractivity (Wildman–Crippen MR) is 102 cm³/mol. The van der Waals surface area contributed by atoms with Crippen LogP contribution in [0.15, 0.2) is 58.6 Å². The van der Waals surface area contributed by atoms with Crippen molar-refractivity contribution >= 4 is 23.4 Å². The van der Waals surface area contributed by atoms with Crippen LogP contribution in [0.5, 0.6) is 0 Å². The number of halogens is 3. The number of para-hydroxylation sites is 1. The van der Waals surface area contributed by atoms with Gasteiger partial charge in [-0.15, -0.1) is 10.2 Å². The van der Waals surface area contributed by atoms with Crippen molar-refractivity contribution in [3.8, 4) is 0 Å². The molecule has 0 aliphatic carbocycles. The maximum absolute atomic E-state index is 13.2. The van der Waals surface area contributed by atoms with E-state index in [1.165, 1.54) is 24.5 Å². The fourth-order valence-electron chi connectivity index (χ4n) is 2.66. The number of hydrogen-bond donors (Lipinski definition) is 1. The van der Waals surface area contributed by atoms with Crippen LogP contribution in [0, 0.1) is 5.92 Å². The third-order valence-corrected chi connectivity index (χ3v) is 5.61. The smallest absolute Gasteiger partial charge is 0.418 e. The van der Waals surface area contributed by atoms with Gasteiger partial charge in [0.15, 0.2) is 5.16 Å². The van der Waals surface area contributed by atoms with E-state index in [-0.39, 0.29) is 11.6 Å². The molecule has 1 N–H and O–H groups in total. The minimum atomic E-state index is -4.56. The average Bonchev–Trinajstić information content (AvgIpc) is 3.31. The summed E-state index contributed by atoms with van der Waals surface area (Å²) < 4.78 is 46.7. The van der Waals surface area contributed by atoms with Gasteiger partial charge in [-0.3, -0.25) is 4.79 Å². The lowest BCUT2D eigenvalue weighted by Gasteiger charge is -2.21. The highest BCUT2D eigenvalue weighted by molar-refractivity contribution is 8.00. The maximum Gasteiger partial charge on any atom is 0.418 e. The van der Waals surface area contributed by atoms with E-state index in [2.05, 4.69) is 15.5 Å². The highest BCUT2D eigenvalue weighted by atomic mass is 32.2. The molecule has 3 aromatic rings. The third kappa shape index (κ3) is 5.20. The standard InChI is InChI=1S/C19H19F3N4O2S/c1-12(2)16(17(27)24-15-8-4-3-7-14(15)19(20,21)22)29-18-25-23-11-26(18)10-13-6-5-9-28-13/h3-9,11-12,16H,10H2,1-2H3,(H,24,27). The molecule has 0 saturated carbocycles. The minimum Gasteiger partial charge on any atom is -0.467 e. The van der Waals surface area contributed by atoms with Crippen LogP contribution in [0.1, 0.15) is 25.2 Å². The summed E-state index contributed by atoms with van der Waals surface area (Å²) in [5.74, 6) is -0.00244. The lowest BCUT2D eigenvalue weighted by Crippen LogP contribution is -2.30. The fourth-order valence-corrected chi connectivity index (χ4v) is 3.67. The molecule has 0 saturated heterocycles. The van der Waals surface area contributed by atoms with Crippen LogP contribution in [0.3, 0.4) is 0 Å². The van der Waals surface area contributed by atoms with Gasteiger partial charge in [-0.1, -0.05) is 37.7 Å². The largest absolute Gasteiger partial charge is 0.467 e. The highest BCUT2D eigenvalue weighted by Crippen LogP contribution is 2.35. The topological polar surface area (TPSA) is 73.0 Å². The van der Waals surface area contributed by atoms with Crippen molar-refractivity contribution in [1.29, 1.82) is 0 Å². The predicted octanol–water partition coefficient (Wildman–Crippen LogP) is 4.69. The molecule has 6 nitrogen and oxygen atoms in total. The summed E-state index contributed by atoms with van der Waals surface area (Å²) in [6, 6.07) is 8.46. The molecule has 154 valence electrons. The van der Waals surface area contributed by atoms with E-state index in [0.29, 0.717) is 17.5 Å². The number of carbonyl (C=O) groups excluding carboxylic acids is 1. The van der Waals surface area contributed by atoms with E-state index >= 15 is 0 Å². The minimum absolute atomic E-state index is 0.160. The maximum atomic E-state index is 13.2. The van der Waals surface area contributed by atoms with Crippen molar-refractivity contribution in [1.82, 2.24) is 14.8 Å². The molecule has 3 rings (SSSR count). The Hall–Kier alpha value is -2.75. The first-order chi connectivity index (χ1) is 13.8. The Kier molecular flexibility index (Phi) is 6.31. The molecule has 1 atom stereocenters. The molecule has 0 bridgehead atoms. The Balaban J connectivity index is 1.78. The van der Waals surface area contributed by atoms with E-state index in [1.807, 2.05) is 13.8 Å². The van der Waals surface area contributed by atoms with Gasteiger partial charge in [-0.25, -0.2) is 0 Å². The zero-order valence-corrected chi connectivity index (χ0v) is 16.5. The molecule has 10 heteroatoms. The summed E-state index contributed by atoms with van der Waals surface area (Å²) in [6.07, 6.45) is -1.50. The molecule has 0 aliphatic rings. The van der Waals surface area contributed by atoms with Crippen molar-refractivity contribution in [2.24, 2.45) is 5.92 Å². The first-order valence-corrected chi connectivity index (χ1v) is 9.67. The summed E-state index contributed by atoms with van der Waals surface area (Å²) >= 11 is 1.15. The molecule has 0 aliphatic heterocycles. The second kappa shape index (κ2) is 8.73. The SMILES string of the molecule is CC(C)C(Sc1nncn1Cc1ccco1)C(=O)Nc1ccccc1C(F)(F)F. The highest BCUT2D eigenvalue weighted by Gasteiger charge is 2.34. The Bertz CT molecular complexity index is 955. The van der Waals surface area contributed by atoms with Crippen LogP contribution in [-0.4, -0.2) is 25.9 Å². The second-order valence-corrected chi connectivity index (χ2v) is 7.74. The summed E-state index contributed by atoms with van der Waals surface area (Å²) in [4.78, 5) is 12.8. The first kappa shape index (κ1) is 21.0. The number of thioether (sulfide) groups is 1. The lowest BCUT2D eigenvalue weighted by atomic mass is 10.1. The quantitative estimate of drug-likeness (QED) is 0.557. The molecule has 29 heavy (non-hydrogen) atoms. The number of benzene rings is 1. The van der Waals surface area contributed by atoms with E-state index < -0.39 is 22.9 Å². The molecule has 2 aromatic heterocycles. The third-order valence-electron chi connectivity index (χ3n) is 4.07. The van der Waals surface area contributed by atoms with Gasteiger partial charge in [0.1, 0.15) is 12.1 Å². The van der Waals surface area contributed by atoms with Gasteiger partial charge in [-0.05, 0) is 30.2 Å². The summed E-state index contributed by atoms with van der Waals surface area (Å²) in [7, 11) is 0. The molecule has 1 amide bonds. The average molecular weight is 424 g/mol. The van der Waals surface area contributed by atoms with Crippen LogP contribution in [-0.2, 0) is 17.5 Å². The van der Waals surface area contributed by atoms with Gasteiger partial charge >= 0.3 is 6.18 Å². The number of furan rings is 1. The zero-order chi connectivity index (χ0) is 21.0. The van der Waals surface area contributed by atoms with E-state index in [9.17, 15) is 18.0 Å². The Morgan fingerprint density at radius 2 is 2.00 bits per heavy atom. The lowest BCUT2D eigenvalue weighted by molar-refractivity contribution is -0.137. The zero-order valence-electron chi connectivity index (χ0n) is 15.7. The first-order valence-electron chi connectivity index (χ1n) is 8.79. The monoisotopic (exact) mass is 424 g/mol. The number of nitrogens with zero attached hydrogens (tertiary/aromatic N) is 3. The van der Waals surface area contributed by atoms with Crippen molar-refractivity contribution in [3.63, 3.8) is 0 Å². The van der Waals surface area contributed by atoms with E-state index in [4.69, 9.17) is 4.42 Å². The molecule has 1 aromatic carbocycles. The van der Waals surface area contributed by atoms with Crippen molar-refractivity contribution in [2.75, 3.05) is 5.32 Å². The second-order valence-electron chi connectivity index (χ2n) is 6.64. The number of rotatable bonds is 7. The van der Waals surface area contributed by atoms with Crippen LogP contribution in [0.4, 0.5) is 18.9 Å². The van der Waals surface area contributed by atoms with Gasteiger partial charge in [0.2, 0.25) is 5.91 Å². The number of hydrogen-bond acceptors (Lipinski definition) is 5. The van der Waals surface area contributed by atoms with E-state index in [0.717, 1.165) is 17.8 Å². The summed E-state index contributed by atoms with van der Waals surface area (Å²) in [5.41, 5.74) is -1.16. The Morgan fingerprint density at radius 1 is 1.24 bits per heavy atom. The van der Waals surface area contributed by atoms with Crippen molar-refractivity contribution in [2.45, 2.75) is 37.0 Å². The summed E-state index contributed by atoms with van der Waals surface area (Å²) in [6.45, 7) is 4.02. The van der Waals surface area contributed by atoms with Gasteiger partial charge in [-0.2, -0.15) is 13.2 Å². The van der Waals surface area contributed by atoms with Crippen LogP contribution >= 0.6 is 11.8 Å². The van der Waals surface area contributed by atoms with Gasteiger partial charge < -0.3 is 14.3 Å². The van der Waals surface area contributed by atoms with Crippen LogP contribution < -0.4 is 5.32 Å². The van der Waals surface area contributed by atoms with Crippen LogP contribution in [0.2, 0.25) is 0 Å². The van der Waals surface area contributed by atoms with E-state index in [1.54, 1.807) is 23.0 Å². The molecule has 0 spiro atoms. The Labute approximate surface area is 169 Å². The normalized spacial score (nSPS) is 12.9.